The summed E-state index contributed by atoms with van der Waals surface area (Å²) in [5.41, 5.74) is 0.685. The number of nitrogens with zero attached hydrogens (tertiary/aromatic N) is 3. The molecule has 2 rings (SSSR count). The SMILES string of the molecule is Cn1ccnc1CNC(=O)NCc1ccc(C(=O)O)nc1. The number of carbonyl (C=O) groups is 2. The molecule has 0 aliphatic rings. The Kier molecular flexibility index (Phi) is 4.50. The summed E-state index contributed by atoms with van der Waals surface area (Å²) in [5.74, 6) is -0.333. The summed E-state index contributed by atoms with van der Waals surface area (Å²) in [6.45, 7) is 0.588. The second kappa shape index (κ2) is 6.51. The van der Waals surface area contributed by atoms with Crippen LogP contribution in [0.4, 0.5) is 4.79 Å². The largest absolute Gasteiger partial charge is 0.477 e. The van der Waals surface area contributed by atoms with Gasteiger partial charge in [-0.05, 0) is 11.6 Å². The van der Waals surface area contributed by atoms with Crippen LogP contribution in [0.15, 0.2) is 30.7 Å². The quantitative estimate of drug-likeness (QED) is 0.743. The summed E-state index contributed by atoms with van der Waals surface area (Å²) < 4.78 is 1.81. The number of imidazole rings is 1. The van der Waals surface area contributed by atoms with E-state index in [1.807, 2.05) is 11.6 Å². The molecule has 0 unspecified atom stereocenters. The molecule has 8 nitrogen and oxygen atoms in total. The molecule has 0 saturated carbocycles. The Hall–Kier alpha value is -2.90. The molecule has 0 atom stereocenters. The molecule has 0 aliphatic carbocycles. The van der Waals surface area contributed by atoms with E-state index >= 15 is 0 Å². The number of carboxylic acid groups (broad SMARTS) is 1. The molecule has 2 aromatic heterocycles. The van der Waals surface area contributed by atoms with Gasteiger partial charge in [0.1, 0.15) is 11.5 Å². The van der Waals surface area contributed by atoms with Crippen molar-refractivity contribution in [2.45, 2.75) is 13.1 Å². The molecule has 110 valence electrons. The number of urea groups is 1. The number of carbonyl (C=O) groups excluding carboxylic acids is 1. The van der Waals surface area contributed by atoms with Gasteiger partial charge in [-0.25, -0.2) is 19.6 Å². The van der Waals surface area contributed by atoms with Crippen molar-refractivity contribution in [3.05, 3.63) is 47.8 Å². The summed E-state index contributed by atoms with van der Waals surface area (Å²) in [4.78, 5) is 30.1. The number of nitrogens with one attached hydrogen (secondary N) is 2. The van der Waals surface area contributed by atoms with Gasteiger partial charge in [0.15, 0.2) is 0 Å². The van der Waals surface area contributed by atoms with Gasteiger partial charge in [0.25, 0.3) is 0 Å². The highest BCUT2D eigenvalue weighted by Gasteiger charge is 2.06. The van der Waals surface area contributed by atoms with E-state index in [0.717, 1.165) is 5.82 Å². The number of hydrogen-bond donors (Lipinski definition) is 3. The van der Waals surface area contributed by atoms with Gasteiger partial charge in [0.2, 0.25) is 0 Å². The Balaban J connectivity index is 1.78. The average molecular weight is 289 g/mol. The lowest BCUT2D eigenvalue weighted by Crippen LogP contribution is -2.35. The number of pyridine rings is 1. The summed E-state index contributed by atoms with van der Waals surface area (Å²) in [6.07, 6.45) is 4.87. The second-order valence-corrected chi connectivity index (χ2v) is 4.35. The van der Waals surface area contributed by atoms with Crippen LogP contribution in [0.1, 0.15) is 21.9 Å². The molecule has 0 aliphatic heterocycles. The average Bonchev–Trinajstić information content (AvgIpc) is 2.88. The highest BCUT2D eigenvalue weighted by molar-refractivity contribution is 5.85. The van der Waals surface area contributed by atoms with Crippen molar-refractivity contribution < 1.29 is 14.7 Å². The maximum absolute atomic E-state index is 11.6. The van der Waals surface area contributed by atoms with E-state index < -0.39 is 5.97 Å². The minimum Gasteiger partial charge on any atom is -0.477 e. The number of aromatic nitrogens is 3. The fourth-order valence-corrected chi connectivity index (χ4v) is 1.63. The normalized spacial score (nSPS) is 10.1. The van der Waals surface area contributed by atoms with E-state index in [1.54, 1.807) is 18.5 Å². The van der Waals surface area contributed by atoms with E-state index in [4.69, 9.17) is 5.11 Å². The lowest BCUT2D eigenvalue weighted by atomic mass is 10.2. The van der Waals surface area contributed by atoms with Gasteiger partial charge in [-0.1, -0.05) is 6.07 Å². The number of hydrogen-bond acceptors (Lipinski definition) is 4. The van der Waals surface area contributed by atoms with E-state index in [9.17, 15) is 9.59 Å². The van der Waals surface area contributed by atoms with Crippen LogP contribution in [-0.4, -0.2) is 31.6 Å². The summed E-state index contributed by atoms with van der Waals surface area (Å²) in [7, 11) is 1.84. The number of rotatable bonds is 5. The van der Waals surface area contributed by atoms with Crippen molar-refractivity contribution in [2.24, 2.45) is 7.05 Å². The molecule has 2 aromatic rings. The maximum Gasteiger partial charge on any atom is 0.354 e. The zero-order valence-electron chi connectivity index (χ0n) is 11.4. The third kappa shape index (κ3) is 4.03. The Morgan fingerprint density at radius 3 is 2.57 bits per heavy atom. The van der Waals surface area contributed by atoms with Crippen LogP contribution in [0.25, 0.3) is 0 Å². The van der Waals surface area contributed by atoms with E-state index in [2.05, 4.69) is 20.6 Å². The lowest BCUT2D eigenvalue weighted by molar-refractivity contribution is 0.0690. The standard InChI is InChI=1S/C13H15N5O3/c1-18-5-4-14-11(18)8-17-13(21)16-7-9-2-3-10(12(19)20)15-6-9/h2-6H,7-8H2,1H3,(H,19,20)(H2,16,17,21). The first-order valence-electron chi connectivity index (χ1n) is 6.22. The van der Waals surface area contributed by atoms with Gasteiger partial charge >= 0.3 is 12.0 Å². The molecule has 21 heavy (non-hydrogen) atoms. The lowest BCUT2D eigenvalue weighted by Gasteiger charge is -2.07. The highest BCUT2D eigenvalue weighted by Crippen LogP contribution is 2.00. The van der Waals surface area contributed by atoms with Gasteiger partial charge in [0.05, 0.1) is 6.54 Å². The third-order valence-electron chi connectivity index (χ3n) is 2.82. The highest BCUT2D eigenvalue weighted by atomic mass is 16.4. The molecule has 0 radical (unpaired) electrons. The summed E-state index contributed by atoms with van der Waals surface area (Å²) in [5, 5.41) is 14.1. The number of amides is 2. The monoisotopic (exact) mass is 289 g/mol. The Labute approximate surface area is 120 Å². The van der Waals surface area contributed by atoms with Crippen LogP contribution in [0.5, 0.6) is 0 Å². The summed E-state index contributed by atoms with van der Waals surface area (Å²) >= 11 is 0. The van der Waals surface area contributed by atoms with Crippen LogP contribution < -0.4 is 10.6 Å². The molecule has 8 heteroatoms. The van der Waals surface area contributed by atoms with Crippen molar-refractivity contribution >= 4 is 12.0 Å². The van der Waals surface area contributed by atoms with Crippen molar-refractivity contribution in [2.75, 3.05) is 0 Å². The van der Waals surface area contributed by atoms with Crippen molar-refractivity contribution in [3.63, 3.8) is 0 Å². The molecular formula is C13H15N5O3. The minimum absolute atomic E-state index is 0.0296. The molecule has 3 N–H and O–H groups in total. The predicted molar refractivity (Wildman–Crippen MR) is 73.5 cm³/mol. The molecule has 0 fully saturated rings. The van der Waals surface area contributed by atoms with Crippen molar-refractivity contribution in [1.82, 2.24) is 25.2 Å². The van der Waals surface area contributed by atoms with E-state index in [0.29, 0.717) is 12.1 Å². The fraction of sp³-hybridized carbons (Fsp3) is 0.231. The Morgan fingerprint density at radius 1 is 1.24 bits per heavy atom. The second-order valence-electron chi connectivity index (χ2n) is 4.35. The minimum atomic E-state index is -1.08. The molecule has 0 spiro atoms. The topological polar surface area (TPSA) is 109 Å². The van der Waals surface area contributed by atoms with E-state index in [1.165, 1.54) is 12.3 Å². The number of carboxylic acids is 1. The first-order chi connectivity index (χ1) is 10.1. The Bertz CT molecular complexity index is 636. The van der Waals surface area contributed by atoms with Crippen LogP contribution in [-0.2, 0) is 20.1 Å². The molecule has 2 amide bonds. The van der Waals surface area contributed by atoms with Gasteiger partial charge in [-0.15, -0.1) is 0 Å². The molecular weight excluding hydrogens is 274 g/mol. The smallest absolute Gasteiger partial charge is 0.354 e. The van der Waals surface area contributed by atoms with E-state index in [-0.39, 0.29) is 18.3 Å². The number of aryl methyl sites for hydroxylation is 1. The molecule has 2 heterocycles. The van der Waals surface area contributed by atoms with Crippen LogP contribution >= 0.6 is 0 Å². The number of aromatic carboxylic acids is 1. The molecule has 0 saturated heterocycles. The van der Waals surface area contributed by atoms with Crippen molar-refractivity contribution in [1.29, 1.82) is 0 Å². The molecule has 0 bridgehead atoms. The fourth-order valence-electron chi connectivity index (χ4n) is 1.63. The predicted octanol–water partition coefficient (Wildman–Crippen LogP) is 0.513. The van der Waals surface area contributed by atoms with Gasteiger partial charge in [-0.2, -0.15) is 0 Å². The maximum atomic E-state index is 11.6. The molecule has 0 aromatic carbocycles. The first kappa shape index (κ1) is 14.5. The Morgan fingerprint density at radius 2 is 2.00 bits per heavy atom. The van der Waals surface area contributed by atoms with Crippen LogP contribution in [0, 0.1) is 0 Å². The van der Waals surface area contributed by atoms with Crippen LogP contribution in [0.2, 0.25) is 0 Å². The first-order valence-corrected chi connectivity index (χ1v) is 6.22. The zero-order chi connectivity index (χ0) is 15.2. The van der Waals surface area contributed by atoms with Gasteiger partial charge in [0, 0.05) is 32.2 Å². The van der Waals surface area contributed by atoms with Gasteiger partial charge < -0.3 is 20.3 Å². The zero-order valence-corrected chi connectivity index (χ0v) is 11.4. The van der Waals surface area contributed by atoms with Crippen LogP contribution in [0.3, 0.4) is 0 Å². The third-order valence-corrected chi connectivity index (χ3v) is 2.82. The summed E-state index contributed by atoms with van der Waals surface area (Å²) in [6, 6.07) is 2.67. The van der Waals surface area contributed by atoms with Crippen molar-refractivity contribution in [3.8, 4) is 0 Å². The van der Waals surface area contributed by atoms with Gasteiger partial charge in [-0.3, -0.25) is 0 Å².